The third-order valence-corrected chi connectivity index (χ3v) is 4.31. The van der Waals surface area contributed by atoms with Crippen LogP contribution in [0.5, 0.6) is 0 Å². The first kappa shape index (κ1) is 15.4. The number of hydrogen-bond donors (Lipinski definition) is 1. The maximum Gasteiger partial charge on any atom is 0.234 e. The summed E-state index contributed by atoms with van der Waals surface area (Å²) in [7, 11) is 1.88. The van der Waals surface area contributed by atoms with Crippen LogP contribution in [0.1, 0.15) is 49.7 Å². The molecule has 0 aromatic carbocycles. The van der Waals surface area contributed by atoms with Crippen molar-refractivity contribution in [2.24, 2.45) is 0 Å². The van der Waals surface area contributed by atoms with E-state index < -0.39 is 0 Å². The molecule has 1 aromatic heterocycles. The summed E-state index contributed by atoms with van der Waals surface area (Å²) >= 11 is 0. The van der Waals surface area contributed by atoms with Crippen molar-refractivity contribution in [3.63, 3.8) is 0 Å². The Morgan fingerprint density at radius 1 is 1.36 bits per heavy atom. The normalized spacial score (nSPS) is 22.0. The second-order valence-electron chi connectivity index (χ2n) is 6.29. The number of nitrogens with one attached hydrogen (secondary N) is 1. The highest BCUT2D eigenvalue weighted by molar-refractivity contribution is 5.77. The molecule has 7 nitrogen and oxygen atoms in total. The molecule has 0 unspecified atom stereocenters. The Hall–Kier alpha value is -1.47. The fourth-order valence-electron chi connectivity index (χ4n) is 2.78. The number of hydrogen-bond acceptors (Lipinski definition) is 6. The van der Waals surface area contributed by atoms with Crippen molar-refractivity contribution >= 4 is 5.91 Å². The molecular formula is C15H24N4O3. The molecule has 0 radical (unpaired) electrons. The van der Waals surface area contributed by atoms with Crippen LogP contribution in [0.4, 0.5) is 0 Å². The van der Waals surface area contributed by atoms with E-state index in [1.165, 1.54) is 6.42 Å². The summed E-state index contributed by atoms with van der Waals surface area (Å²) in [6.07, 6.45) is 5.82. The van der Waals surface area contributed by atoms with Crippen molar-refractivity contribution in [3.8, 4) is 0 Å². The summed E-state index contributed by atoms with van der Waals surface area (Å²) in [6, 6.07) is 0. The lowest BCUT2D eigenvalue weighted by atomic mass is 9.85. The molecule has 1 aliphatic carbocycles. The van der Waals surface area contributed by atoms with Crippen molar-refractivity contribution in [2.75, 3.05) is 26.7 Å². The Morgan fingerprint density at radius 2 is 2.23 bits per heavy atom. The van der Waals surface area contributed by atoms with E-state index in [4.69, 9.17) is 9.26 Å². The molecule has 2 heterocycles. The highest BCUT2D eigenvalue weighted by Crippen LogP contribution is 2.35. The van der Waals surface area contributed by atoms with Gasteiger partial charge in [-0.1, -0.05) is 11.6 Å². The lowest BCUT2D eigenvalue weighted by Crippen LogP contribution is -2.38. The molecule has 2 aliphatic rings. The zero-order valence-electron chi connectivity index (χ0n) is 13.1. The molecule has 1 atom stereocenters. The standard InChI is InChI=1S/C15H24N4O3/c1-19(10-14(20)16-8-12-6-3-7-21-12)9-13-17-15(22-18-13)11-4-2-5-11/h11-12H,2-10H2,1H3,(H,16,20)/t12-/m1/s1. The third-order valence-electron chi connectivity index (χ3n) is 4.31. The Morgan fingerprint density at radius 3 is 2.91 bits per heavy atom. The van der Waals surface area contributed by atoms with Gasteiger partial charge in [0.1, 0.15) is 0 Å². The summed E-state index contributed by atoms with van der Waals surface area (Å²) in [5.74, 6) is 1.84. The number of ether oxygens (including phenoxy) is 1. The van der Waals surface area contributed by atoms with Crippen LogP contribution in [0.25, 0.3) is 0 Å². The van der Waals surface area contributed by atoms with Crippen LogP contribution in [0.3, 0.4) is 0 Å². The Kier molecular flexibility index (Phi) is 5.04. The molecule has 3 rings (SSSR count). The topological polar surface area (TPSA) is 80.5 Å². The van der Waals surface area contributed by atoms with Gasteiger partial charge in [0.25, 0.3) is 0 Å². The number of amides is 1. The minimum atomic E-state index is 0.000659. The average molecular weight is 308 g/mol. The molecular weight excluding hydrogens is 284 g/mol. The molecule has 1 N–H and O–H groups in total. The smallest absolute Gasteiger partial charge is 0.234 e. The zero-order chi connectivity index (χ0) is 15.4. The van der Waals surface area contributed by atoms with E-state index in [0.717, 1.165) is 38.2 Å². The predicted octanol–water partition coefficient (Wildman–Crippen LogP) is 1.06. The molecule has 0 bridgehead atoms. The van der Waals surface area contributed by atoms with Crippen molar-refractivity contribution < 1.29 is 14.1 Å². The zero-order valence-corrected chi connectivity index (χ0v) is 13.1. The number of likely N-dealkylation sites (N-methyl/N-ethyl adjacent to an activating group) is 1. The van der Waals surface area contributed by atoms with Gasteiger partial charge in [0.2, 0.25) is 11.8 Å². The molecule has 7 heteroatoms. The lowest BCUT2D eigenvalue weighted by Gasteiger charge is -2.20. The van der Waals surface area contributed by atoms with Crippen molar-refractivity contribution in [1.82, 2.24) is 20.4 Å². The van der Waals surface area contributed by atoms with Crippen LogP contribution >= 0.6 is 0 Å². The van der Waals surface area contributed by atoms with Crippen LogP contribution in [-0.4, -0.2) is 53.8 Å². The van der Waals surface area contributed by atoms with E-state index >= 15 is 0 Å². The molecule has 1 amide bonds. The summed E-state index contributed by atoms with van der Waals surface area (Å²) in [6.45, 7) is 2.24. The van der Waals surface area contributed by atoms with E-state index in [0.29, 0.717) is 31.4 Å². The number of carbonyl (C=O) groups excluding carboxylic acids is 1. The second-order valence-corrected chi connectivity index (χ2v) is 6.29. The summed E-state index contributed by atoms with van der Waals surface area (Å²) < 4.78 is 10.8. The Balaban J connectivity index is 1.38. The monoisotopic (exact) mass is 308 g/mol. The van der Waals surface area contributed by atoms with Crippen LogP contribution in [0.15, 0.2) is 4.52 Å². The van der Waals surface area contributed by atoms with Crippen molar-refractivity contribution in [1.29, 1.82) is 0 Å². The van der Waals surface area contributed by atoms with Crippen LogP contribution < -0.4 is 5.32 Å². The number of carbonyl (C=O) groups is 1. The predicted molar refractivity (Wildman–Crippen MR) is 79.2 cm³/mol. The number of nitrogens with zero attached hydrogens (tertiary/aromatic N) is 3. The molecule has 122 valence electrons. The summed E-state index contributed by atoms with van der Waals surface area (Å²) in [5, 5.41) is 6.91. The van der Waals surface area contributed by atoms with Gasteiger partial charge in [-0.25, -0.2) is 0 Å². The summed E-state index contributed by atoms with van der Waals surface area (Å²) in [4.78, 5) is 18.2. The van der Waals surface area contributed by atoms with Gasteiger partial charge in [0.05, 0.1) is 19.2 Å². The number of rotatable bonds is 7. The fraction of sp³-hybridized carbons (Fsp3) is 0.800. The highest BCUT2D eigenvalue weighted by atomic mass is 16.5. The van der Waals surface area contributed by atoms with Gasteiger partial charge in [-0.3, -0.25) is 9.69 Å². The quantitative estimate of drug-likeness (QED) is 0.811. The minimum absolute atomic E-state index is 0.000659. The highest BCUT2D eigenvalue weighted by Gasteiger charge is 2.25. The number of aromatic nitrogens is 2. The van der Waals surface area contributed by atoms with Crippen molar-refractivity contribution in [3.05, 3.63) is 11.7 Å². The average Bonchev–Trinajstić information content (AvgIpc) is 3.06. The van der Waals surface area contributed by atoms with E-state index in [1.54, 1.807) is 0 Å². The van der Waals surface area contributed by atoms with Gasteiger partial charge < -0.3 is 14.6 Å². The Bertz CT molecular complexity index is 495. The first-order valence-corrected chi connectivity index (χ1v) is 8.10. The molecule has 2 fully saturated rings. The molecule has 22 heavy (non-hydrogen) atoms. The van der Waals surface area contributed by atoms with Gasteiger partial charge in [0.15, 0.2) is 5.82 Å². The Labute approximate surface area is 130 Å². The van der Waals surface area contributed by atoms with Crippen molar-refractivity contribution in [2.45, 2.75) is 50.7 Å². The van der Waals surface area contributed by atoms with Gasteiger partial charge in [-0.15, -0.1) is 0 Å². The molecule has 0 spiro atoms. The lowest BCUT2D eigenvalue weighted by molar-refractivity contribution is -0.122. The van der Waals surface area contributed by atoms with E-state index in [-0.39, 0.29) is 12.0 Å². The van der Waals surface area contributed by atoms with Gasteiger partial charge >= 0.3 is 0 Å². The van der Waals surface area contributed by atoms with Crippen LogP contribution in [0, 0.1) is 0 Å². The maximum atomic E-state index is 11.9. The SMILES string of the molecule is CN(CC(=O)NC[C@H]1CCCO1)Cc1noc(C2CCC2)n1. The van der Waals surface area contributed by atoms with Gasteiger partial charge in [-0.2, -0.15) is 4.98 Å². The van der Waals surface area contributed by atoms with Crippen LogP contribution in [0.2, 0.25) is 0 Å². The van der Waals surface area contributed by atoms with E-state index in [9.17, 15) is 4.79 Å². The fourth-order valence-corrected chi connectivity index (χ4v) is 2.78. The third kappa shape index (κ3) is 4.04. The molecule has 1 saturated heterocycles. The van der Waals surface area contributed by atoms with Crippen LogP contribution in [-0.2, 0) is 16.1 Å². The molecule has 1 aliphatic heterocycles. The molecule has 1 saturated carbocycles. The van der Waals surface area contributed by atoms with Gasteiger partial charge in [-0.05, 0) is 32.7 Å². The summed E-state index contributed by atoms with van der Waals surface area (Å²) in [5.41, 5.74) is 0. The second kappa shape index (κ2) is 7.19. The largest absolute Gasteiger partial charge is 0.376 e. The van der Waals surface area contributed by atoms with E-state index in [2.05, 4.69) is 15.5 Å². The maximum absolute atomic E-state index is 11.9. The first-order chi connectivity index (χ1) is 10.7. The first-order valence-electron chi connectivity index (χ1n) is 8.10. The van der Waals surface area contributed by atoms with E-state index in [1.807, 2.05) is 11.9 Å². The molecule has 1 aromatic rings. The minimum Gasteiger partial charge on any atom is -0.376 e. The van der Waals surface area contributed by atoms with Gasteiger partial charge in [0, 0.05) is 19.1 Å².